The largest absolute Gasteiger partial charge is 0.504 e. The Morgan fingerprint density at radius 3 is 1.10 bits per heavy atom. The standard InChI is InChI=1S/C59H90O4/c1-44(2)24-15-25-45(3)26-16-27-46(4)28-17-29-47(5)30-18-31-48(6)32-19-33-49(7)34-20-35-50(8)36-21-37-51(9)38-22-39-52(10)40-23-42-59(12)43-41-54-53(11)55(60)57(61-13)58(62-14)56(54)63-59/h24,26,28,30,32,34,36,38,40-41,43,60H,15-23,25,27,29,31,33,35,37,39,42H2,1-14H3/b45-26+,46-28+,47-30+,48-32+,49-34+,50-36+,51-38+,52-40+/t59-/m1/s1. The lowest BCUT2D eigenvalue weighted by molar-refractivity contribution is 0.122. The molecular formula is C59H90O4. The quantitative estimate of drug-likeness (QED) is 0.0815. The Morgan fingerprint density at radius 2 is 0.794 bits per heavy atom. The molecule has 0 aromatic heterocycles. The summed E-state index contributed by atoms with van der Waals surface area (Å²) in [7, 11) is 3.11. The summed E-state index contributed by atoms with van der Waals surface area (Å²) in [5, 5.41) is 10.6. The van der Waals surface area contributed by atoms with Gasteiger partial charge >= 0.3 is 0 Å². The van der Waals surface area contributed by atoms with E-state index in [9.17, 15) is 5.11 Å². The first-order valence-electron chi connectivity index (χ1n) is 24.2. The minimum atomic E-state index is -0.474. The van der Waals surface area contributed by atoms with Crippen LogP contribution in [0.2, 0.25) is 0 Å². The highest BCUT2D eigenvalue weighted by molar-refractivity contribution is 5.76. The lowest BCUT2D eigenvalue weighted by atomic mass is 9.92. The van der Waals surface area contributed by atoms with Gasteiger partial charge in [-0.1, -0.05) is 111 Å². The van der Waals surface area contributed by atoms with Gasteiger partial charge in [-0.2, -0.15) is 0 Å². The fraction of sp³-hybridized carbons (Fsp3) is 0.559. The van der Waals surface area contributed by atoms with Crippen LogP contribution in [-0.4, -0.2) is 24.9 Å². The summed E-state index contributed by atoms with van der Waals surface area (Å²) in [6.07, 6.45) is 46.0. The zero-order chi connectivity index (χ0) is 46.8. The monoisotopic (exact) mass is 863 g/mol. The molecule has 0 spiro atoms. The van der Waals surface area contributed by atoms with E-state index >= 15 is 0 Å². The summed E-state index contributed by atoms with van der Waals surface area (Å²) in [4.78, 5) is 0. The number of rotatable bonds is 29. The third-order valence-corrected chi connectivity index (χ3v) is 12.4. The number of hydrogen-bond acceptors (Lipinski definition) is 4. The highest BCUT2D eigenvalue weighted by atomic mass is 16.5. The van der Waals surface area contributed by atoms with Crippen molar-refractivity contribution >= 4 is 6.08 Å². The van der Waals surface area contributed by atoms with Crippen LogP contribution in [0.5, 0.6) is 23.0 Å². The molecule has 1 aliphatic heterocycles. The number of hydrogen-bond donors (Lipinski definition) is 1. The summed E-state index contributed by atoms with van der Waals surface area (Å²) in [5.74, 6) is 1.46. The average molecular weight is 863 g/mol. The maximum absolute atomic E-state index is 10.6. The van der Waals surface area contributed by atoms with Crippen LogP contribution in [0.3, 0.4) is 0 Å². The van der Waals surface area contributed by atoms with Gasteiger partial charge in [0.2, 0.25) is 11.5 Å². The van der Waals surface area contributed by atoms with Gasteiger partial charge in [0, 0.05) is 11.1 Å². The zero-order valence-corrected chi connectivity index (χ0v) is 42.8. The van der Waals surface area contributed by atoms with Crippen molar-refractivity contribution < 1.29 is 19.3 Å². The van der Waals surface area contributed by atoms with Crippen LogP contribution in [0.1, 0.15) is 203 Å². The number of benzene rings is 1. The Labute approximate surface area is 387 Å². The van der Waals surface area contributed by atoms with Crippen LogP contribution >= 0.6 is 0 Å². The normalized spacial score (nSPS) is 16.9. The number of aromatic hydroxyl groups is 1. The third kappa shape index (κ3) is 22.3. The molecule has 4 heteroatoms. The minimum Gasteiger partial charge on any atom is -0.504 e. The van der Waals surface area contributed by atoms with Gasteiger partial charge in [-0.15, -0.1) is 0 Å². The number of phenolic OH excluding ortho intramolecular Hbond substituents is 1. The van der Waals surface area contributed by atoms with Crippen molar-refractivity contribution in [1.29, 1.82) is 0 Å². The van der Waals surface area contributed by atoms with E-state index in [1.807, 2.05) is 13.0 Å². The second-order valence-corrected chi connectivity index (χ2v) is 19.1. The van der Waals surface area contributed by atoms with Crippen LogP contribution in [0.4, 0.5) is 0 Å². The average Bonchev–Trinajstić information content (AvgIpc) is 3.21. The van der Waals surface area contributed by atoms with E-state index in [0.29, 0.717) is 17.2 Å². The minimum absolute atomic E-state index is 0.0867. The van der Waals surface area contributed by atoms with Gasteiger partial charge in [0.05, 0.1) is 14.2 Å². The van der Waals surface area contributed by atoms with Gasteiger partial charge in [-0.25, -0.2) is 0 Å². The van der Waals surface area contributed by atoms with E-state index in [-0.39, 0.29) is 5.75 Å². The van der Waals surface area contributed by atoms with Gasteiger partial charge in [-0.3, -0.25) is 0 Å². The fourth-order valence-electron chi connectivity index (χ4n) is 7.97. The molecule has 1 N–H and O–H groups in total. The number of fused-ring (bicyclic) bond motifs is 1. The van der Waals surface area contributed by atoms with Crippen molar-refractivity contribution in [1.82, 2.24) is 0 Å². The molecule has 0 unspecified atom stereocenters. The summed E-state index contributed by atoms with van der Waals surface area (Å²) in [5.41, 5.74) is 14.5. The second kappa shape index (κ2) is 30.0. The van der Waals surface area contributed by atoms with Crippen LogP contribution < -0.4 is 14.2 Å². The first-order valence-corrected chi connectivity index (χ1v) is 24.2. The van der Waals surface area contributed by atoms with Gasteiger partial charge in [-0.05, 0) is 205 Å². The summed E-state index contributed by atoms with van der Waals surface area (Å²) >= 11 is 0. The SMILES string of the molecule is COc1c(O)c(C)c2c(c1OC)O[C@](C)(CC/C=C(\C)CC/C=C(\C)CC/C=C(\C)CC/C=C(\C)CC/C=C(\C)CC/C=C(\C)CC/C=C(\C)CC/C=C(\C)CCC=C(C)C)C=C2. The molecule has 0 radical (unpaired) electrons. The Kier molecular flexibility index (Phi) is 26.2. The predicted octanol–water partition coefficient (Wildman–Crippen LogP) is 18.4. The molecule has 63 heavy (non-hydrogen) atoms. The van der Waals surface area contributed by atoms with E-state index in [2.05, 4.69) is 137 Å². The van der Waals surface area contributed by atoms with E-state index in [1.165, 1.54) is 76.5 Å². The third-order valence-electron chi connectivity index (χ3n) is 12.4. The van der Waals surface area contributed by atoms with Crippen LogP contribution in [0, 0.1) is 6.92 Å². The van der Waals surface area contributed by atoms with Gasteiger partial charge in [0.25, 0.3) is 0 Å². The van der Waals surface area contributed by atoms with E-state index in [0.717, 1.165) is 107 Å². The van der Waals surface area contributed by atoms with Crippen LogP contribution in [-0.2, 0) is 0 Å². The Bertz CT molecular complexity index is 1890. The van der Waals surface area contributed by atoms with Crippen LogP contribution in [0.25, 0.3) is 6.08 Å². The molecule has 4 nitrogen and oxygen atoms in total. The Morgan fingerprint density at radius 1 is 0.492 bits per heavy atom. The lowest BCUT2D eigenvalue weighted by Gasteiger charge is -2.33. The first kappa shape index (κ1) is 55.0. The molecule has 350 valence electrons. The molecule has 0 saturated carbocycles. The zero-order valence-electron chi connectivity index (χ0n) is 42.8. The van der Waals surface area contributed by atoms with Gasteiger partial charge in [0.15, 0.2) is 11.5 Å². The topological polar surface area (TPSA) is 47.9 Å². The molecule has 1 heterocycles. The highest BCUT2D eigenvalue weighted by Gasteiger charge is 2.33. The van der Waals surface area contributed by atoms with E-state index in [4.69, 9.17) is 14.2 Å². The molecule has 2 rings (SSSR count). The maximum atomic E-state index is 10.6. The van der Waals surface area contributed by atoms with Crippen molar-refractivity contribution in [3.63, 3.8) is 0 Å². The lowest BCUT2D eigenvalue weighted by Crippen LogP contribution is -2.32. The van der Waals surface area contributed by atoms with E-state index in [1.54, 1.807) is 7.11 Å². The molecular weight excluding hydrogens is 773 g/mol. The molecule has 0 aliphatic carbocycles. The van der Waals surface area contributed by atoms with Crippen molar-refractivity contribution in [2.24, 2.45) is 0 Å². The number of ether oxygens (including phenoxy) is 3. The molecule has 1 aromatic rings. The van der Waals surface area contributed by atoms with Gasteiger partial charge < -0.3 is 19.3 Å². The number of methoxy groups -OCH3 is 2. The fourth-order valence-corrected chi connectivity index (χ4v) is 7.97. The van der Waals surface area contributed by atoms with E-state index < -0.39 is 5.60 Å². The smallest absolute Gasteiger partial charge is 0.207 e. The Balaban J connectivity index is 1.62. The highest BCUT2D eigenvalue weighted by Crippen LogP contribution is 2.52. The number of allylic oxidation sites excluding steroid dienone is 18. The molecule has 1 atom stereocenters. The first-order chi connectivity index (χ1) is 30.0. The van der Waals surface area contributed by atoms with Crippen molar-refractivity contribution in [3.05, 3.63) is 122 Å². The molecule has 0 bridgehead atoms. The second-order valence-electron chi connectivity index (χ2n) is 19.1. The summed E-state index contributed by atoms with van der Waals surface area (Å²) < 4.78 is 17.6. The molecule has 0 fully saturated rings. The van der Waals surface area contributed by atoms with Crippen molar-refractivity contribution in [2.75, 3.05) is 14.2 Å². The molecule has 1 aliphatic rings. The van der Waals surface area contributed by atoms with Crippen molar-refractivity contribution in [2.45, 2.75) is 204 Å². The van der Waals surface area contributed by atoms with Crippen LogP contribution in [0.15, 0.2) is 111 Å². The number of phenols is 1. The van der Waals surface area contributed by atoms with Gasteiger partial charge in [0.1, 0.15) is 5.60 Å². The Hall–Kier alpha value is -4.18. The summed E-state index contributed by atoms with van der Waals surface area (Å²) in [6.45, 7) is 26.6. The summed E-state index contributed by atoms with van der Waals surface area (Å²) in [6, 6.07) is 0. The molecule has 0 amide bonds. The maximum Gasteiger partial charge on any atom is 0.207 e. The predicted molar refractivity (Wildman–Crippen MR) is 277 cm³/mol. The molecule has 0 saturated heterocycles. The van der Waals surface area contributed by atoms with Crippen molar-refractivity contribution in [3.8, 4) is 23.0 Å². The molecule has 1 aromatic carbocycles.